The highest BCUT2D eigenvalue weighted by Crippen LogP contribution is 2.49. The van der Waals surface area contributed by atoms with Gasteiger partial charge in [-0.3, -0.25) is 0 Å². The summed E-state index contributed by atoms with van der Waals surface area (Å²) in [4.78, 5) is 0. The van der Waals surface area contributed by atoms with Gasteiger partial charge < -0.3 is 0 Å². The Morgan fingerprint density at radius 3 is 1.18 bits per heavy atom. The van der Waals surface area contributed by atoms with Gasteiger partial charge in [-0.1, -0.05) is 83.3 Å². The number of fused-ring (bicyclic) bond motifs is 2. The topological polar surface area (TPSA) is 0 Å². The molecule has 3 aromatic carbocycles. The third-order valence-electron chi connectivity index (χ3n) is 3.50. The van der Waals surface area contributed by atoms with Gasteiger partial charge in [0.15, 0.2) is 0 Å². The van der Waals surface area contributed by atoms with Crippen molar-refractivity contribution in [1.82, 2.24) is 0 Å². The Hall–Kier alpha value is -1.16. The van der Waals surface area contributed by atoms with Crippen LogP contribution in [0.15, 0.2) is 48.5 Å². The van der Waals surface area contributed by atoms with Gasteiger partial charge in [0.2, 0.25) is 3.79 Å². The van der Waals surface area contributed by atoms with E-state index < -0.39 is 15.5 Å². The first-order valence-corrected chi connectivity index (χ1v) is 7.42. The second-order valence-electron chi connectivity index (χ2n) is 4.84. The van der Waals surface area contributed by atoms with Crippen LogP contribution in [-0.2, 0) is 9.97 Å². The summed E-state index contributed by atoms with van der Waals surface area (Å²) >= 11 is 18.1. The molecule has 0 bridgehead atoms. The van der Waals surface area contributed by atoms with E-state index in [9.17, 15) is 13.2 Å². The Morgan fingerprint density at radius 1 is 0.591 bits per heavy atom. The first kappa shape index (κ1) is 15.7. The SMILES string of the molecule is FC(F)(F)c1c2ccccc2c(C(Cl)(Cl)Cl)c2ccccc12. The van der Waals surface area contributed by atoms with E-state index in [1.54, 1.807) is 12.1 Å². The fourth-order valence-electron chi connectivity index (χ4n) is 2.74. The molecular weight excluding hydrogens is 356 g/mol. The zero-order valence-electron chi connectivity index (χ0n) is 10.9. The van der Waals surface area contributed by atoms with Crippen molar-refractivity contribution in [2.75, 3.05) is 0 Å². The fourth-order valence-corrected chi connectivity index (χ4v) is 3.35. The van der Waals surface area contributed by atoms with E-state index in [4.69, 9.17) is 34.8 Å². The van der Waals surface area contributed by atoms with Gasteiger partial charge in [-0.15, -0.1) is 0 Å². The smallest absolute Gasteiger partial charge is 0.166 e. The van der Waals surface area contributed by atoms with Crippen LogP contribution in [0.5, 0.6) is 0 Å². The van der Waals surface area contributed by atoms with E-state index in [1.807, 2.05) is 0 Å². The maximum atomic E-state index is 13.6. The number of alkyl halides is 6. The minimum absolute atomic E-state index is 0.0232. The Balaban J connectivity index is 2.67. The van der Waals surface area contributed by atoms with E-state index in [1.165, 1.54) is 36.4 Å². The van der Waals surface area contributed by atoms with Gasteiger partial charge >= 0.3 is 6.18 Å². The Bertz CT molecular complexity index is 735. The molecule has 0 aliphatic heterocycles. The van der Waals surface area contributed by atoms with Crippen LogP contribution in [0.1, 0.15) is 11.1 Å². The van der Waals surface area contributed by atoms with E-state index in [0.717, 1.165) is 0 Å². The maximum absolute atomic E-state index is 13.6. The van der Waals surface area contributed by atoms with Crippen molar-refractivity contribution in [2.45, 2.75) is 9.97 Å². The lowest BCUT2D eigenvalue weighted by atomic mass is 9.92. The third kappa shape index (κ3) is 2.51. The number of benzene rings is 3. The normalized spacial score (nSPS) is 13.0. The lowest BCUT2D eigenvalue weighted by Crippen LogP contribution is -2.11. The average Bonchev–Trinajstić information content (AvgIpc) is 2.41. The molecule has 0 aliphatic carbocycles. The van der Waals surface area contributed by atoms with Crippen molar-refractivity contribution in [2.24, 2.45) is 0 Å². The average molecular weight is 364 g/mol. The van der Waals surface area contributed by atoms with Gasteiger partial charge in [-0.25, -0.2) is 0 Å². The van der Waals surface area contributed by atoms with Crippen LogP contribution in [0.4, 0.5) is 13.2 Å². The summed E-state index contributed by atoms with van der Waals surface area (Å²) in [5.74, 6) is 0. The fraction of sp³-hybridized carbons (Fsp3) is 0.125. The van der Waals surface area contributed by atoms with Crippen molar-refractivity contribution in [3.63, 3.8) is 0 Å². The molecule has 0 aliphatic rings. The molecule has 114 valence electrons. The van der Waals surface area contributed by atoms with Crippen LogP contribution in [0.3, 0.4) is 0 Å². The molecule has 0 unspecified atom stereocenters. The van der Waals surface area contributed by atoms with Gasteiger partial charge in [-0.2, -0.15) is 13.2 Å². The quantitative estimate of drug-likeness (QED) is 0.303. The number of halogens is 6. The Labute approximate surface area is 139 Å². The summed E-state index contributed by atoms with van der Waals surface area (Å²) in [6.07, 6.45) is -4.51. The van der Waals surface area contributed by atoms with Gasteiger partial charge in [0.25, 0.3) is 0 Å². The highest BCUT2D eigenvalue weighted by molar-refractivity contribution is 6.67. The van der Waals surface area contributed by atoms with Crippen LogP contribution in [0.25, 0.3) is 21.5 Å². The molecule has 0 heterocycles. The Kier molecular flexibility index (Phi) is 3.71. The molecular formula is C16H8Cl3F3. The van der Waals surface area contributed by atoms with Crippen LogP contribution in [0, 0.1) is 0 Å². The lowest BCUT2D eigenvalue weighted by Gasteiger charge is -2.22. The summed E-state index contributed by atoms with van der Waals surface area (Å²) in [5, 5.41) is 0.618. The predicted octanol–water partition coefficient (Wildman–Crippen LogP) is 6.84. The largest absolute Gasteiger partial charge is 0.417 e. The molecule has 0 N–H and O–H groups in total. The van der Waals surface area contributed by atoms with E-state index in [0.29, 0.717) is 0 Å². The lowest BCUT2D eigenvalue weighted by molar-refractivity contribution is -0.135. The monoisotopic (exact) mass is 362 g/mol. The molecule has 22 heavy (non-hydrogen) atoms. The Morgan fingerprint density at radius 2 is 0.909 bits per heavy atom. The van der Waals surface area contributed by atoms with Gasteiger partial charge in [0.05, 0.1) is 5.56 Å². The summed E-state index contributed by atoms with van der Waals surface area (Å²) in [6.45, 7) is 0. The molecule has 0 aromatic heterocycles. The van der Waals surface area contributed by atoms with E-state index in [-0.39, 0.29) is 27.1 Å². The highest BCUT2D eigenvalue weighted by Gasteiger charge is 2.38. The van der Waals surface area contributed by atoms with Gasteiger partial charge in [0, 0.05) is 5.56 Å². The highest BCUT2D eigenvalue weighted by atomic mass is 35.6. The minimum atomic E-state index is -4.51. The van der Waals surface area contributed by atoms with E-state index in [2.05, 4.69) is 0 Å². The number of hydrogen-bond acceptors (Lipinski definition) is 0. The first-order chi connectivity index (χ1) is 10.2. The maximum Gasteiger partial charge on any atom is 0.417 e. The number of rotatable bonds is 0. The summed E-state index contributed by atoms with van der Waals surface area (Å²) in [5.41, 5.74) is -0.451. The van der Waals surface area contributed by atoms with Gasteiger partial charge in [-0.05, 0) is 21.5 Å². The molecule has 0 radical (unpaired) electrons. The van der Waals surface area contributed by atoms with Crippen LogP contribution < -0.4 is 0 Å². The zero-order valence-corrected chi connectivity index (χ0v) is 13.2. The first-order valence-electron chi connectivity index (χ1n) is 6.29. The standard InChI is InChI=1S/C16H8Cl3F3/c17-15(18,19)13-9-5-1-3-7-11(9)14(16(20,21)22)12-8-4-2-6-10(12)13/h1-8H. The molecule has 3 aromatic rings. The molecule has 0 saturated carbocycles. The van der Waals surface area contributed by atoms with Crippen LogP contribution in [-0.4, -0.2) is 0 Å². The molecule has 0 spiro atoms. The van der Waals surface area contributed by atoms with Crippen molar-refractivity contribution in [3.05, 3.63) is 59.7 Å². The van der Waals surface area contributed by atoms with Crippen LogP contribution >= 0.6 is 34.8 Å². The van der Waals surface area contributed by atoms with E-state index >= 15 is 0 Å². The number of hydrogen-bond donors (Lipinski definition) is 0. The molecule has 0 nitrogen and oxygen atoms in total. The van der Waals surface area contributed by atoms with Crippen molar-refractivity contribution >= 4 is 56.3 Å². The molecule has 0 amide bonds. The summed E-state index contributed by atoms with van der Waals surface area (Å²) < 4.78 is 38.9. The molecule has 0 atom stereocenters. The molecule has 3 rings (SSSR count). The summed E-state index contributed by atoms with van der Waals surface area (Å²) in [6, 6.07) is 12.2. The van der Waals surface area contributed by atoms with Gasteiger partial charge in [0.1, 0.15) is 0 Å². The zero-order chi connectivity index (χ0) is 16.1. The molecule has 0 fully saturated rings. The molecule has 6 heteroatoms. The summed E-state index contributed by atoms with van der Waals surface area (Å²) in [7, 11) is 0. The molecule has 0 saturated heterocycles. The third-order valence-corrected chi connectivity index (χ3v) is 4.07. The second-order valence-corrected chi connectivity index (χ2v) is 7.12. The van der Waals surface area contributed by atoms with Crippen molar-refractivity contribution < 1.29 is 13.2 Å². The second kappa shape index (κ2) is 5.19. The predicted molar refractivity (Wildman–Crippen MR) is 85.7 cm³/mol. The van der Waals surface area contributed by atoms with Crippen molar-refractivity contribution in [3.8, 4) is 0 Å². The van der Waals surface area contributed by atoms with Crippen LogP contribution in [0.2, 0.25) is 0 Å². The van der Waals surface area contributed by atoms with Crippen molar-refractivity contribution in [1.29, 1.82) is 0 Å². The minimum Gasteiger partial charge on any atom is -0.166 e.